The third-order valence-electron chi connectivity index (χ3n) is 4.05. The molecule has 0 aliphatic heterocycles. The maximum atomic E-state index is 3.45. The highest BCUT2D eigenvalue weighted by atomic mass is 15.1. The van der Waals surface area contributed by atoms with Crippen molar-refractivity contribution in [2.24, 2.45) is 0 Å². The molecule has 1 unspecified atom stereocenters. The van der Waals surface area contributed by atoms with Gasteiger partial charge in [-0.3, -0.25) is 0 Å². The van der Waals surface area contributed by atoms with E-state index in [1.165, 1.54) is 27.9 Å². The summed E-state index contributed by atoms with van der Waals surface area (Å²) in [5.74, 6) is 0. The Hall–Kier alpha value is -1.80. The molecule has 0 aliphatic rings. The number of hydrogen-bond acceptors (Lipinski definition) is 2. The largest absolute Gasteiger partial charge is 0.373 e. The fourth-order valence-corrected chi connectivity index (χ4v) is 2.81. The molecule has 0 heterocycles. The Morgan fingerprint density at radius 1 is 1.00 bits per heavy atom. The van der Waals surface area contributed by atoms with E-state index >= 15 is 0 Å². The van der Waals surface area contributed by atoms with E-state index in [2.05, 4.69) is 80.5 Å². The van der Waals surface area contributed by atoms with Gasteiger partial charge in [-0.1, -0.05) is 35.9 Å². The first kappa shape index (κ1) is 15.6. The molecule has 0 aliphatic carbocycles. The molecule has 2 rings (SSSR count). The molecule has 112 valence electrons. The standard InChI is InChI=1S/C19H26N2/c1-14-7-6-8-17(12-14)21(5)13-19(20-4)18-10-9-15(2)11-16(18)3/h6-12,19-20H,13H2,1-5H3. The normalized spacial score (nSPS) is 12.2. The highest BCUT2D eigenvalue weighted by molar-refractivity contribution is 5.48. The van der Waals surface area contributed by atoms with Gasteiger partial charge in [0.25, 0.3) is 0 Å². The number of nitrogens with zero attached hydrogens (tertiary/aromatic N) is 1. The summed E-state index contributed by atoms with van der Waals surface area (Å²) in [7, 11) is 4.19. The summed E-state index contributed by atoms with van der Waals surface area (Å²) in [5, 5.41) is 3.45. The van der Waals surface area contributed by atoms with E-state index < -0.39 is 0 Å². The lowest BCUT2D eigenvalue weighted by Gasteiger charge is -2.27. The van der Waals surface area contributed by atoms with E-state index in [1.807, 2.05) is 7.05 Å². The van der Waals surface area contributed by atoms with Gasteiger partial charge < -0.3 is 10.2 Å². The molecular formula is C19H26N2. The number of hydrogen-bond donors (Lipinski definition) is 1. The third kappa shape index (κ3) is 3.85. The Bertz CT molecular complexity index is 604. The van der Waals surface area contributed by atoms with Crippen molar-refractivity contribution in [1.29, 1.82) is 0 Å². The molecule has 21 heavy (non-hydrogen) atoms. The molecule has 0 spiro atoms. The third-order valence-corrected chi connectivity index (χ3v) is 4.05. The van der Waals surface area contributed by atoms with Crippen molar-refractivity contribution in [3.63, 3.8) is 0 Å². The molecule has 0 fully saturated rings. The van der Waals surface area contributed by atoms with Gasteiger partial charge in [0, 0.05) is 25.3 Å². The van der Waals surface area contributed by atoms with Crippen molar-refractivity contribution >= 4 is 5.69 Å². The van der Waals surface area contributed by atoms with E-state index in [1.54, 1.807) is 0 Å². The Labute approximate surface area is 128 Å². The number of rotatable bonds is 5. The summed E-state index contributed by atoms with van der Waals surface area (Å²) in [6, 6.07) is 15.7. The molecule has 2 aromatic rings. The van der Waals surface area contributed by atoms with E-state index in [9.17, 15) is 0 Å². The molecule has 0 amide bonds. The van der Waals surface area contributed by atoms with E-state index in [0.717, 1.165) is 6.54 Å². The minimum Gasteiger partial charge on any atom is -0.373 e. The minimum absolute atomic E-state index is 0.330. The zero-order valence-corrected chi connectivity index (χ0v) is 13.8. The van der Waals surface area contributed by atoms with E-state index in [4.69, 9.17) is 0 Å². The molecule has 1 atom stereocenters. The quantitative estimate of drug-likeness (QED) is 0.891. The van der Waals surface area contributed by atoms with Gasteiger partial charge in [0.15, 0.2) is 0 Å². The average Bonchev–Trinajstić information content (AvgIpc) is 2.45. The molecule has 0 saturated carbocycles. The molecule has 2 heteroatoms. The van der Waals surface area contributed by atoms with Gasteiger partial charge in [0.05, 0.1) is 0 Å². The average molecular weight is 282 g/mol. The maximum Gasteiger partial charge on any atom is 0.0498 e. The van der Waals surface area contributed by atoms with Gasteiger partial charge in [-0.2, -0.15) is 0 Å². The van der Waals surface area contributed by atoms with Crippen LogP contribution in [0.2, 0.25) is 0 Å². The van der Waals surface area contributed by atoms with Crippen LogP contribution in [-0.4, -0.2) is 20.6 Å². The SMILES string of the molecule is CNC(CN(C)c1cccc(C)c1)c1ccc(C)cc1C. The summed E-state index contributed by atoms with van der Waals surface area (Å²) in [6.07, 6.45) is 0. The lowest BCUT2D eigenvalue weighted by molar-refractivity contribution is 0.586. The van der Waals surface area contributed by atoms with Gasteiger partial charge >= 0.3 is 0 Å². The number of benzene rings is 2. The van der Waals surface area contributed by atoms with Crippen LogP contribution in [0.1, 0.15) is 28.3 Å². The fourth-order valence-electron chi connectivity index (χ4n) is 2.81. The molecule has 0 radical (unpaired) electrons. The summed E-state index contributed by atoms with van der Waals surface area (Å²) in [4.78, 5) is 2.31. The van der Waals surface area contributed by atoms with E-state index in [0.29, 0.717) is 6.04 Å². The Balaban J connectivity index is 2.18. The molecule has 1 N–H and O–H groups in total. The van der Waals surface area contributed by atoms with Crippen molar-refractivity contribution in [1.82, 2.24) is 5.32 Å². The van der Waals surface area contributed by atoms with Crippen LogP contribution in [0.15, 0.2) is 42.5 Å². The Morgan fingerprint density at radius 2 is 1.71 bits per heavy atom. The monoisotopic (exact) mass is 282 g/mol. The minimum atomic E-state index is 0.330. The van der Waals surface area contributed by atoms with Crippen LogP contribution in [0.25, 0.3) is 0 Å². The van der Waals surface area contributed by atoms with Gasteiger partial charge in [-0.15, -0.1) is 0 Å². The molecular weight excluding hydrogens is 256 g/mol. The zero-order valence-electron chi connectivity index (χ0n) is 13.8. The van der Waals surface area contributed by atoms with Crippen LogP contribution in [0, 0.1) is 20.8 Å². The van der Waals surface area contributed by atoms with Crippen molar-refractivity contribution in [3.05, 3.63) is 64.7 Å². The first-order valence-corrected chi connectivity index (χ1v) is 7.53. The van der Waals surface area contributed by atoms with Gasteiger partial charge in [0.2, 0.25) is 0 Å². The summed E-state index contributed by atoms with van der Waals surface area (Å²) >= 11 is 0. The summed E-state index contributed by atoms with van der Waals surface area (Å²) in [5.41, 5.74) is 6.61. The van der Waals surface area contributed by atoms with Gasteiger partial charge in [0.1, 0.15) is 0 Å². The number of likely N-dealkylation sites (N-methyl/N-ethyl adjacent to an activating group) is 2. The molecule has 2 nitrogen and oxygen atoms in total. The highest BCUT2D eigenvalue weighted by Crippen LogP contribution is 2.22. The maximum absolute atomic E-state index is 3.45. The predicted octanol–water partition coefficient (Wildman–Crippen LogP) is 4.01. The molecule has 2 aromatic carbocycles. The second kappa shape index (κ2) is 6.77. The highest BCUT2D eigenvalue weighted by Gasteiger charge is 2.14. The van der Waals surface area contributed by atoms with Crippen molar-refractivity contribution in [2.75, 3.05) is 25.5 Å². The molecule has 0 saturated heterocycles. The Morgan fingerprint density at radius 3 is 2.33 bits per heavy atom. The van der Waals surface area contributed by atoms with Crippen LogP contribution < -0.4 is 10.2 Å². The van der Waals surface area contributed by atoms with Crippen LogP contribution >= 0.6 is 0 Å². The zero-order chi connectivity index (χ0) is 15.4. The van der Waals surface area contributed by atoms with Crippen LogP contribution in [0.5, 0.6) is 0 Å². The van der Waals surface area contributed by atoms with Crippen LogP contribution in [0.3, 0.4) is 0 Å². The van der Waals surface area contributed by atoms with Crippen molar-refractivity contribution in [3.8, 4) is 0 Å². The van der Waals surface area contributed by atoms with E-state index in [-0.39, 0.29) is 0 Å². The van der Waals surface area contributed by atoms with Crippen LogP contribution in [-0.2, 0) is 0 Å². The number of aryl methyl sites for hydroxylation is 3. The molecule has 0 aromatic heterocycles. The first-order valence-electron chi connectivity index (χ1n) is 7.53. The second-order valence-corrected chi connectivity index (χ2v) is 5.92. The smallest absolute Gasteiger partial charge is 0.0498 e. The first-order chi connectivity index (χ1) is 10.0. The summed E-state index contributed by atoms with van der Waals surface area (Å²) < 4.78 is 0. The van der Waals surface area contributed by atoms with Crippen molar-refractivity contribution in [2.45, 2.75) is 26.8 Å². The lowest BCUT2D eigenvalue weighted by atomic mass is 9.99. The number of anilines is 1. The van der Waals surface area contributed by atoms with Gasteiger partial charge in [-0.25, -0.2) is 0 Å². The Kier molecular flexibility index (Phi) is 5.03. The van der Waals surface area contributed by atoms with Gasteiger partial charge in [-0.05, 0) is 56.6 Å². The van der Waals surface area contributed by atoms with Crippen molar-refractivity contribution < 1.29 is 0 Å². The lowest BCUT2D eigenvalue weighted by Crippen LogP contribution is -2.31. The summed E-state index contributed by atoms with van der Waals surface area (Å²) in [6.45, 7) is 7.42. The second-order valence-electron chi connectivity index (χ2n) is 5.92. The predicted molar refractivity (Wildman–Crippen MR) is 92.2 cm³/mol. The topological polar surface area (TPSA) is 15.3 Å². The fraction of sp³-hybridized carbons (Fsp3) is 0.368. The number of nitrogens with one attached hydrogen (secondary N) is 1. The van der Waals surface area contributed by atoms with Crippen LogP contribution in [0.4, 0.5) is 5.69 Å². The molecule has 0 bridgehead atoms.